The van der Waals surface area contributed by atoms with Crippen LogP contribution in [-0.2, 0) is 6.54 Å². The smallest absolute Gasteiger partial charge is 0.178 e. The average molecular weight is 426 g/mol. The van der Waals surface area contributed by atoms with Gasteiger partial charge in [-0.05, 0) is 30.3 Å². The van der Waals surface area contributed by atoms with Crippen LogP contribution in [-0.4, -0.2) is 29.4 Å². The van der Waals surface area contributed by atoms with E-state index < -0.39 is 0 Å². The Morgan fingerprint density at radius 2 is 1.52 bits per heavy atom. The number of benzene rings is 3. The Morgan fingerprint density at radius 3 is 2.45 bits per heavy atom. The van der Waals surface area contributed by atoms with Crippen molar-refractivity contribution in [3.63, 3.8) is 0 Å². The van der Waals surface area contributed by atoms with Gasteiger partial charge in [0, 0.05) is 21.7 Å². The fourth-order valence-corrected chi connectivity index (χ4v) is 4.56. The van der Waals surface area contributed by atoms with Gasteiger partial charge in [-0.1, -0.05) is 66.7 Å². The number of pyridine rings is 1. The average Bonchev–Trinajstić information content (AvgIpc) is 3.42. The highest BCUT2D eigenvalue weighted by molar-refractivity contribution is 6.10. The molecule has 0 aliphatic rings. The highest BCUT2D eigenvalue weighted by Gasteiger charge is 2.16. The lowest BCUT2D eigenvalue weighted by Crippen LogP contribution is -2.07. The van der Waals surface area contributed by atoms with E-state index in [1.54, 1.807) is 0 Å². The third-order valence-electron chi connectivity index (χ3n) is 6.14. The molecule has 0 bridgehead atoms. The summed E-state index contributed by atoms with van der Waals surface area (Å²) in [6.07, 6.45) is 0. The van der Waals surface area contributed by atoms with E-state index in [0.717, 1.165) is 50.2 Å². The highest BCUT2D eigenvalue weighted by atomic mass is 15.4. The monoisotopic (exact) mass is 426 g/mol. The Hall–Kier alpha value is -4.58. The molecule has 0 saturated carbocycles. The molecule has 0 atom stereocenters. The maximum atomic E-state index is 5.03. The predicted octanol–water partition coefficient (Wildman–Crippen LogP) is 5.50. The maximum Gasteiger partial charge on any atom is 0.178 e. The van der Waals surface area contributed by atoms with Crippen LogP contribution in [0.2, 0.25) is 0 Å². The minimum atomic E-state index is 0.516. The molecule has 0 radical (unpaired) electrons. The summed E-state index contributed by atoms with van der Waals surface area (Å²) < 4.78 is 4.05. The second-order valence-corrected chi connectivity index (χ2v) is 8.13. The maximum absolute atomic E-state index is 5.03. The Balaban J connectivity index is 1.44. The second kappa shape index (κ2) is 6.97. The molecule has 0 aliphatic heterocycles. The van der Waals surface area contributed by atoms with Gasteiger partial charge in [0.15, 0.2) is 11.5 Å². The molecule has 0 fully saturated rings. The predicted molar refractivity (Wildman–Crippen MR) is 130 cm³/mol. The van der Waals surface area contributed by atoms with Crippen LogP contribution in [0, 0.1) is 0 Å². The fourth-order valence-electron chi connectivity index (χ4n) is 4.56. The summed E-state index contributed by atoms with van der Waals surface area (Å²) in [7, 11) is 0. The minimum absolute atomic E-state index is 0.516. The van der Waals surface area contributed by atoms with Gasteiger partial charge in [0.25, 0.3) is 0 Å². The molecule has 6 nitrogen and oxygen atoms in total. The molecule has 0 saturated heterocycles. The lowest BCUT2D eigenvalue weighted by atomic mass is 10.1. The van der Waals surface area contributed by atoms with Crippen LogP contribution < -0.4 is 0 Å². The molecule has 0 unspecified atom stereocenters. The normalized spacial score (nSPS) is 11.8. The van der Waals surface area contributed by atoms with E-state index in [0.29, 0.717) is 6.54 Å². The molecule has 4 aromatic heterocycles. The van der Waals surface area contributed by atoms with Gasteiger partial charge in [0.05, 0.1) is 23.3 Å². The van der Waals surface area contributed by atoms with Gasteiger partial charge in [-0.2, -0.15) is 9.61 Å². The number of fused-ring (bicyclic) bond motifs is 5. The second-order valence-electron chi connectivity index (χ2n) is 8.13. The first kappa shape index (κ1) is 18.0. The van der Waals surface area contributed by atoms with E-state index in [9.17, 15) is 0 Å². The first-order chi connectivity index (χ1) is 16.3. The zero-order chi connectivity index (χ0) is 21.8. The van der Waals surface area contributed by atoms with E-state index in [2.05, 4.69) is 69.4 Å². The van der Waals surface area contributed by atoms with Gasteiger partial charge >= 0.3 is 0 Å². The summed E-state index contributed by atoms with van der Waals surface area (Å²) in [6.45, 7) is 0.516. The first-order valence-corrected chi connectivity index (χ1v) is 10.9. The van der Waals surface area contributed by atoms with Gasteiger partial charge < -0.3 is 4.57 Å². The summed E-state index contributed by atoms with van der Waals surface area (Å²) >= 11 is 0. The van der Waals surface area contributed by atoms with Crippen LogP contribution in [0.5, 0.6) is 0 Å². The van der Waals surface area contributed by atoms with Crippen molar-refractivity contribution in [2.45, 2.75) is 6.54 Å². The number of aromatic nitrogens is 6. The van der Waals surface area contributed by atoms with Crippen molar-refractivity contribution in [1.29, 1.82) is 0 Å². The molecule has 0 amide bonds. The van der Waals surface area contributed by atoms with Crippen LogP contribution in [0.25, 0.3) is 49.7 Å². The Kier molecular flexibility index (Phi) is 3.81. The summed E-state index contributed by atoms with van der Waals surface area (Å²) in [5.74, 6) is 0.764. The van der Waals surface area contributed by atoms with Gasteiger partial charge in [-0.15, -0.1) is 10.2 Å². The Bertz CT molecular complexity index is 1800. The van der Waals surface area contributed by atoms with E-state index >= 15 is 0 Å². The number of para-hydroxylation sites is 2. The molecular formula is C27H18N6. The highest BCUT2D eigenvalue weighted by Crippen LogP contribution is 2.31. The summed E-state index contributed by atoms with van der Waals surface area (Å²) in [5, 5.41) is 17.1. The largest absolute Gasteiger partial charge is 0.318 e. The minimum Gasteiger partial charge on any atom is -0.318 e. The van der Waals surface area contributed by atoms with Crippen LogP contribution in [0.15, 0.2) is 97.1 Å². The number of hydrogen-bond donors (Lipinski definition) is 0. The molecule has 33 heavy (non-hydrogen) atoms. The van der Waals surface area contributed by atoms with Crippen molar-refractivity contribution < 1.29 is 0 Å². The number of hydrogen-bond acceptors (Lipinski definition) is 4. The van der Waals surface area contributed by atoms with Crippen LogP contribution in [0.4, 0.5) is 0 Å². The zero-order valence-corrected chi connectivity index (χ0v) is 17.6. The van der Waals surface area contributed by atoms with Gasteiger partial charge in [-0.3, -0.25) is 0 Å². The van der Waals surface area contributed by atoms with Crippen molar-refractivity contribution in [2.75, 3.05) is 0 Å². The summed E-state index contributed by atoms with van der Waals surface area (Å²) in [4.78, 5) is 5.03. The number of nitrogens with zero attached hydrogens (tertiary/aromatic N) is 6. The van der Waals surface area contributed by atoms with Crippen LogP contribution in [0.3, 0.4) is 0 Å². The van der Waals surface area contributed by atoms with E-state index in [4.69, 9.17) is 10.1 Å². The summed E-state index contributed by atoms with van der Waals surface area (Å²) in [5.41, 5.74) is 5.70. The molecule has 7 rings (SSSR count). The quantitative estimate of drug-likeness (QED) is 0.375. The molecule has 0 spiro atoms. The molecule has 4 heterocycles. The van der Waals surface area contributed by atoms with E-state index in [-0.39, 0.29) is 0 Å². The fraction of sp³-hybridized carbons (Fsp3) is 0.0370. The number of rotatable bonds is 3. The molecule has 0 aliphatic carbocycles. The van der Waals surface area contributed by atoms with Crippen molar-refractivity contribution >= 4 is 38.5 Å². The van der Waals surface area contributed by atoms with Crippen molar-refractivity contribution in [3.8, 4) is 11.3 Å². The van der Waals surface area contributed by atoms with E-state index in [1.165, 1.54) is 5.39 Å². The lowest BCUT2D eigenvalue weighted by molar-refractivity contribution is 0.740. The van der Waals surface area contributed by atoms with Crippen molar-refractivity contribution in [3.05, 3.63) is 103 Å². The standard InChI is InChI=1S/C27H18N6/c1-2-8-18(9-3-1)23-14-15-25-29-30-26(33(25)31-23)17-32-24-13-7-5-11-20(24)21-16-19-10-4-6-12-22(19)28-27(21)32/h1-16H,17H2. The lowest BCUT2D eigenvalue weighted by Gasteiger charge is -2.07. The molecule has 0 N–H and O–H groups in total. The van der Waals surface area contributed by atoms with E-state index in [1.807, 2.05) is 47.0 Å². The van der Waals surface area contributed by atoms with Crippen molar-refractivity contribution in [1.82, 2.24) is 29.4 Å². The van der Waals surface area contributed by atoms with Gasteiger partial charge in [0.2, 0.25) is 0 Å². The molecule has 156 valence electrons. The van der Waals surface area contributed by atoms with Crippen molar-refractivity contribution in [2.24, 2.45) is 0 Å². The zero-order valence-electron chi connectivity index (χ0n) is 17.6. The van der Waals surface area contributed by atoms with Gasteiger partial charge in [0.1, 0.15) is 5.65 Å². The Morgan fingerprint density at radius 1 is 0.697 bits per heavy atom. The molecule has 3 aromatic carbocycles. The molecular weight excluding hydrogens is 408 g/mol. The topological polar surface area (TPSA) is 60.9 Å². The molecule has 7 aromatic rings. The summed E-state index contributed by atoms with van der Waals surface area (Å²) in [6, 6.07) is 33.0. The first-order valence-electron chi connectivity index (χ1n) is 10.9. The van der Waals surface area contributed by atoms with Gasteiger partial charge in [-0.25, -0.2) is 4.98 Å². The Labute approximate surface area is 188 Å². The third kappa shape index (κ3) is 2.81. The van der Waals surface area contributed by atoms with Crippen LogP contribution in [0.1, 0.15) is 5.82 Å². The SMILES string of the molecule is c1ccc(-c2ccc3nnc(Cn4c5ccccc5c5cc6ccccc6nc54)n3n2)cc1. The third-order valence-corrected chi connectivity index (χ3v) is 6.14. The van der Waals surface area contributed by atoms with Crippen LogP contribution >= 0.6 is 0 Å². The molecule has 6 heteroatoms.